The van der Waals surface area contributed by atoms with Crippen LogP contribution >= 0.6 is 0 Å². The minimum absolute atomic E-state index is 0.413. The van der Waals surface area contributed by atoms with Crippen molar-refractivity contribution in [2.75, 3.05) is 5.32 Å². The molecule has 0 aliphatic heterocycles. The van der Waals surface area contributed by atoms with Crippen molar-refractivity contribution >= 4 is 5.69 Å². The number of nitrogens with one attached hydrogen (secondary N) is 1. The van der Waals surface area contributed by atoms with Crippen LogP contribution in [0.1, 0.15) is 32.6 Å². The first kappa shape index (κ1) is 10.4. The quantitative estimate of drug-likeness (QED) is 0.768. The summed E-state index contributed by atoms with van der Waals surface area (Å²) in [4.78, 5) is 3.55. The second-order valence-electron chi connectivity index (χ2n) is 4.22. The van der Waals surface area contributed by atoms with Crippen molar-refractivity contribution in [3.63, 3.8) is 0 Å². The van der Waals surface area contributed by atoms with Crippen LogP contribution in [0, 0.1) is 11.9 Å². The second kappa shape index (κ2) is 4.60. The summed E-state index contributed by atoms with van der Waals surface area (Å²) in [6, 6.07) is 3.77. The van der Waals surface area contributed by atoms with Crippen molar-refractivity contribution in [2.24, 2.45) is 5.92 Å². The molecule has 1 unspecified atom stereocenters. The van der Waals surface area contributed by atoms with E-state index in [1.54, 1.807) is 0 Å². The molecule has 3 heteroatoms. The van der Waals surface area contributed by atoms with Crippen LogP contribution in [0.25, 0.3) is 0 Å². The highest BCUT2D eigenvalue weighted by molar-refractivity contribution is 5.42. The van der Waals surface area contributed by atoms with E-state index < -0.39 is 5.95 Å². The first-order chi connectivity index (χ1) is 7.29. The number of halogens is 1. The van der Waals surface area contributed by atoms with Gasteiger partial charge >= 0.3 is 0 Å². The molecule has 0 spiro atoms. The van der Waals surface area contributed by atoms with Gasteiger partial charge in [-0.25, -0.2) is 4.98 Å². The molecule has 1 aliphatic carbocycles. The molecule has 1 N–H and O–H groups in total. The second-order valence-corrected chi connectivity index (χ2v) is 4.22. The molecule has 0 aromatic carbocycles. The normalized spacial score (nSPS) is 18.3. The molecule has 82 valence electrons. The van der Waals surface area contributed by atoms with Gasteiger partial charge in [0.05, 0.1) is 0 Å². The highest BCUT2D eigenvalue weighted by Gasteiger charge is 2.25. The number of hydrogen-bond donors (Lipinski definition) is 1. The fourth-order valence-corrected chi connectivity index (χ4v) is 2.10. The lowest BCUT2D eigenvalue weighted by Crippen LogP contribution is -2.33. The number of nitrogens with zero attached hydrogens (tertiary/aromatic N) is 1. The zero-order valence-electron chi connectivity index (χ0n) is 9.04. The van der Waals surface area contributed by atoms with Crippen LogP contribution in [-0.4, -0.2) is 11.0 Å². The average molecular weight is 208 g/mol. The molecule has 0 radical (unpaired) electrons. The van der Waals surface area contributed by atoms with Crippen LogP contribution in [-0.2, 0) is 0 Å². The Morgan fingerprint density at radius 1 is 1.60 bits per heavy atom. The molecule has 1 heterocycles. The van der Waals surface area contributed by atoms with Crippen molar-refractivity contribution in [3.05, 3.63) is 24.3 Å². The number of rotatable bonds is 4. The minimum Gasteiger partial charge on any atom is -0.382 e. The molecule has 1 aliphatic rings. The van der Waals surface area contributed by atoms with Gasteiger partial charge in [0.15, 0.2) is 0 Å². The number of hydrogen-bond acceptors (Lipinski definition) is 2. The molecule has 1 fully saturated rings. The Balaban J connectivity index is 1.99. The van der Waals surface area contributed by atoms with Crippen LogP contribution in [0.15, 0.2) is 18.3 Å². The molecule has 0 amide bonds. The molecule has 0 saturated heterocycles. The molecular formula is C12H17FN2. The highest BCUT2D eigenvalue weighted by Crippen LogP contribution is 2.32. The summed E-state index contributed by atoms with van der Waals surface area (Å²) in [5, 5.41) is 3.39. The lowest BCUT2D eigenvalue weighted by molar-refractivity contribution is 0.270. The van der Waals surface area contributed by atoms with Crippen molar-refractivity contribution in [1.29, 1.82) is 0 Å². The van der Waals surface area contributed by atoms with Gasteiger partial charge in [0, 0.05) is 24.0 Å². The van der Waals surface area contributed by atoms with Gasteiger partial charge in [-0.1, -0.05) is 13.3 Å². The maximum Gasteiger partial charge on any atom is 0.214 e. The predicted molar refractivity (Wildman–Crippen MR) is 59.2 cm³/mol. The van der Waals surface area contributed by atoms with Crippen LogP contribution in [0.5, 0.6) is 0 Å². The summed E-state index contributed by atoms with van der Waals surface area (Å²) in [6.07, 6.45) is 6.55. The smallest absolute Gasteiger partial charge is 0.214 e. The van der Waals surface area contributed by atoms with Crippen LogP contribution in [0.3, 0.4) is 0 Å². The van der Waals surface area contributed by atoms with Crippen LogP contribution < -0.4 is 5.32 Å². The maximum atomic E-state index is 12.9. The summed E-state index contributed by atoms with van der Waals surface area (Å²) in [7, 11) is 0. The van der Waals surface area contributed by atoms with E-state index in [0.717, 1.165) is 18.0 Å². The highest BCUT2D eigenvalue weighted by atomic mass is 19.1. The van der Waals surface area contributed by atoms with E-state index in [4.69, 9.17) is 0 Å². The van der Waals surface area contributed by atoms with Crippen molar-refractivity contribution in [2.45, 2.75) is 38.6 Å². The molecule has 15 heavy (non-hydrogen) atoms. The van der Waals surface area contributed by atoms with Crippen molar-refractivity contribution < 1.29 is 4.39 Å². The zero-order chi connectivity index (χ0) is 10.7. The molecule has 0 bridgehead atoms. The Morgan fingerprint density at radius 3 is 2.93 bits per heavy atom. The lowest BCUT2D eigenvalue weighted by Gasteiger charge is -2.34. The Bertz CT molecular complexity index is 323. The largest absolute Gasteiger partial charge is 0.382 e. The summed E-state index contributed by atoms with van der Waals surface area (Å²) >= 11 is 0. The molecule has 1 saturated carbocycles. The van der Waals surface area contributed by atoms with Crippen molar-refractivity contribution in [1.82, 2.24) is 4.98 Å². The van der Waals surface area contributed by atoms with Gasteiger partial charge in [0.1, 0.15) is 0 Å². The Hall–Kier alpha value is -1.12. The average Bonchev–Trinajstić information content (AvgIpc) is 2.14. The fraction of sp³-hybridized carbons (Fsp3) is 0.583. The van der Waals surface area contributed by atoms with Gasteiger partial charge in [-0.3, -0.25) is 0 Å². The van der Waals surface area contributed by atoms with Gasteiger partial charge in [0.2, 0.25) is 5.95 Å². The molecular weight excluding hydrogens is 191 g/mol. The summed E-state index contributed by atoms with van der Waals surface area (Å²) in [6.45, 7) is 2.17. The summed E-state index contributed by atoms with van der Waals surface area (Å²) in [5.74, 6) is 0.356. The van der Waals surface area contributed by atoms with E-state index in [-0.39, 0.29) is 0 Å². The van der Waals surface area contributed by atoms with Gasteiger partial charge < -0.3 is 5.32 Å². The Labute approximate surface area is 89.9 Å². The number of anilines is 1. The zero-order valence-corrected chi connectivity index (χ0v) is 9.04. The molecule has 1 aromatic heterocycles. The third-order valence-electron chi connectivity index (χ3n) is 3.24. The number of aromatic nitrogens is 1. The maximum absolute atomic E-state index is 12.9. The predicted octanol–water partition coefficient (Wildman–Crippen LogP) is 3.21. The standard InChI is InChI=1S/C12H17FN2/c1-2-11(9-4-3-5-9)15-10-6-7-14-12(13)8-10/h6-9,11H,2-5H2,1H3,(H,14,15). The summed E-state index contributed by atoms with van der Waals surface area (Å²) < 4.78 is 12.9. The Kier molecular flexibility index (Phi) is 3.19. The van der Waals surface area contributed by atoms with E-state index in [1.165, 1.54) is 31.5 Å². The topological polar surface area (TPSA) is 24.9 Å². The van der Waals surface area contributed by atoms with Gasteiger partial charge in [-0.15, -0.1) is 0 Å². The minimum atomic E-state index is -0.413. The molecule has 2 nitrogen and oxygen atoms in total. The fourth-order valence-electron chi connectivity index (χ4n) is 2.10. The van der Waals surface area contributed by atoms with Gasteiger partial charge in [-0.05, 0) is 31.2 Å². The molecule has 1 atom stereocenters. The van der Waals surface area contributed by atoms with E-state index in [2.05, 4.69) is 17.2 Å². The van der Waals surface area contributed by atoms with Gasteiger partial charge in [-0.2, -0.15) is 4.39 Å². The van der Waals surface area contributed by atoms with Crippen LogP contribution in [0.2, 0.25) is 0 Å². The van der Waals surface area contributed by atoms with Crippen LogP contribution in [0.4, 0.5) is 10.1 Å². The molecule has 1 aromatic rings. The van der Waals surface area contributed by atoms with Crippen molar-refractivity contribution in [3.8, 4) is 0 Å². The van der Waals surface area contributed by atoms with E-state index in [0.29, 0.717) is 6.04 Å². The SMILES string of the molecule is CCC(Nc1ccnc(F)c1)C1CCC1. The van der Waals surface area contributed by atoms with E-state index in [1.807, 2.05) is 6.07 Å². The van der Waals surface area contributed by atoms with E-state index >= 15 is 0 Å². The monoisotopic (exact) mass is 208 g/mol. The third-order valence-corrected chi connectivity index (χ3v) is 3.24. The lowest BCUT2D eigenvalue weighted by atomic mass is 9.79. The Morgan fingerprint density at radius 2 is 2.40 bits per heavy atom. The number of pyridine rings is 1. The first-order valence-corrected chi connectivity index (χ1v) is 5.67. The van der Waals surface area contributed by atoms with E-state index in [9.17, 15) is 4.39 Å². The van der Waals surface area contributed by atoms with Gasteiger partial charge in [0.25, 0.3) is 0 Å². The first-order valence-electron chi connectivity index (χ1n) is 5.67. The third kappa shape index (κ3) is 2.46. The summed E-state index contributed by atoms with van der Waals surface area (Å²) in [5.41, 5.74) is 0.848. The molecule has 2 rings (SSSR count).